The molecule has 1 aromatic rings. The number of pyridine rings is 1. The van der Waals surface area contributed by atoms with Crippen LogP contribution < -0.4 is 0 Å². The van der Waals surface area contributed by atoms with Crippen LogP contribution in [0.15, 0.2) is 23.4 Å². The van der Waals surface area contributed by atoms with E-state index in [1.165, 1.54) is 24.0 Å². The van der Waals surface area contributed by atoms with Gasteiger partial charge < -0.3 is 4.90 Å². The molecule has 5 heteroatoms. The van der Waals surface area contributed by atoms with Crippen LogP contribution in [0.3, 0.4) is 0 Å². The zero-order valence-electron chi connectivity index (χ0n) is 7.32. The molecule has 0 unspecified atom stereocenters. The van der Waals surface area contributed by atoms with Crippen LogP contribution in [0.4, 0.5) is 4.39 Å². The molecule has 0 saturated heterocycles. The highest BCUT2D eigenvalue weighted by molar-refractivity contribution is 8.22. The lowest BCUT2D eigenvalue weighted by molar-refractivity contribution is 0.617. The highest BCUT2D eigenvalue weighted by atomic mass is 32.2. The fraction of sp³-hybridized carbons (Fsp3) is 0.250. The molecule has 0 N–H and O–H groups in total. The predicted molar refractivity (Wildman–Crippen MR) is 56.3 cm³/mol. The molecule has 1 aromatic heterocycles. The van der Waals surface area contributed by atoms with Crippen LogP contribution in [0.1, 0.15) is 0 Å². The van der Waals surface area contributed by atoms with E-state index >= 15 is 0 Å². The molecule has 0 aliphatic heterocycles. The first-order chi connectivity index (χ1) is 6.09. The van der Waals surface area contributed by atoms with Crippen LogP contribution in [0.5, 0.6) is 0 Å². The summed E-state index contributed by atoms with van der Waals surface area (Å²) >= 11 is 6.36. The van der Waals surface area contributed by atoms with Gasteiger partial charge >= 0.3 is 0 Å². The molecule has 70 valence electrons. The summed E-state index contributed by atoms with van der Waals surface area (Å²) in [5, 5.41) is 0. The first kappa shape index (κ1) is 10.4. The third kappa shape index (κ3) is 3.28. The molecular weight excluding hydrogens is 207 g/mol. The van der Waals surface area contributed by atoms with Crippen molar-refractivity contribution in [1.82, 2.24) is 9.88 Å². The smallest absolute Gasteiger partial charge is 0.142 e. The van der Waals surface area contributed by atoms with E-state index in [-0.39, 0.29) is 5.82 Å². The molecule has 0 atom stereocenters. The van der Waals surface area contributed by atoms with Gasteiger partial charge in [0.05, 0.1) is 6.20 Å². The Bertz CT molecular complexity index is 315. The van der Waals surface area contributed by atoms with Crippen LogP contribution in [0, 0.1) is 5.82 Å². The van der Waals surface area contributed by atoms with Crippen molar-refractivity contribution < 1.29 is 4.39 Å². The maximum Gasteiger partial charge on any atom is 0.142 e. The molecule has 0 aliphatic carbocycles. The molecule has 1 heterocycles. The van der Waals surface area contributed by atoms with Gasteiger partial charge in [-0.25, -0.2) is 4.39 Å². The van der Waals surface area contributed by atoms with Gasteiger partial charge in [-0.2, -0.15) is 0 Å². The number of aromatic nitrogens is 1. The van der Waals surface area contributed by atoms with E-state index < -0.39 is 0 Å². The van der Waals surface area contributed by atoms with Crippen molar-refractivity contribution in [2.75, 3.05) is 14.1 Å². The molecule has 1 rings (SSSR count). The fourth-order valence-corrected chi connectivity index (χ4v) is 1.60. The van der Waals surface area contributed by atoms with E-state index in [2.05, 4.69) is 4.98 Å². The Kier molecular flexibility index (Phi) is 3.62. The minimum atomic E-state index is -0.341. The lowest BCUT2D eigenvalue weighted by Crippen LogP contribution is -2.15. The fourth-order valence-electron chi connectivity index (χ4n) is 0.640. The van der Waals surface area contributed by atoms with Crippen molar-refractivity contribution in [1.29, 1.82) is 0 Å². The monoisotopic (exact) mass is 216 g/mol. The molecule has 2 nitrogen and oxygen atoms in total. The summed E-state index contributed by atoms with van der Waals surface area (Å²) < 4.78 is 13.4. The third-order valence-electron chi connectivity index (χ3n) is 1.25. The summed E-state index contributed by atoms with van der Waals surface area (Å²) in [4.78, 5) is 6.24. The maximum atomic E-state index is 12.7. The van der Waals surface area contributed by atoms with Crippen molar-refractivity contribution >= 4 is 28.3 Å². The van der Waals surface area contributed by atoms with Crippen molar-refractivity contribution in [3.05, 3.63) is 24.3 Å². The molecular formula is C8H9FN2S2. The Hall–Kier alpha value is -0.680. The SMILES string of the molecule is CN(C)C(=S)Sc1cncc(F)c1. The van der Waals surface area contributed by atoms with Gasteiger partial charge in [-0.05, 0) is 6.07 Å². The van der Waals surface area contributed by atoms with Crippen molar-refractivity contribution in [2.45, 2.75) is 4.90 Å². The van der Waals surface area contributed by atoms with Gasteiger partial charge in [0.25, 0.3) is 0 Å². The Labute approximate surface area is 86.2 Å². The summed E-state index contributed by atoms with van der Waals surface area (Å²) in [6, 6.07) is 1.41. The van der Waals surface area contributed by atoms with E-state index in [0.29, 0.717) is 4.32 Å². The Morgan fingerprint density at radius 1 is 1.54 bits per heavy atom. The first-order valence-electron chi connectivity index (χ1n) is 3.59. The van der Waals surface area contributed by atoms with E-state index in [4.69, 9.17) is 12.2 Å². The number of hydrogen-bond acceptors (Lipinski definition) is 3. The average molecular weight is 216 g/mol. The maximum absolute atomic E-state index is 12.7. The molecule has 0 aliphatic rings. The minimum absolute atomic E-state index is 0.341. The van der Waals surface area contributed by atoms with Gasteiger partial charge in [0.1, 0.15) is 10.1 Å². The highest BCUT2D eigenvalue weighted by Gasteiger charge is 2.03. The molecule has 0 saturated carbocycles. The average Bonchev–Trinajstić information content (AvgIpc) is 2.04. The number of nitrogens with zero attached hydrogens (tertiary/aromatic N) is 2. The standard InChI is InChI=1S/C8H9FN2S2/c1-11(2)8(12)13-7-3-6(9)4-10-5-7/h3-5H,1-2H3. The van der Waals surface area contributed by atoms with Crippen LogP contribution in [0.2, 0.25) is 0 Å². The molecule has 0 spiro atoms. The van der Waals surface area contributed by atoms with Crippen molar-refractivity contribution in [3.63, 3.8) is 0 Å². The number of halogens is 1. The molecule has 13 heavy (non-hydrogen) atoms. The normalized spacial score (nSPS) is 9.77. The number of thioether (sulfide) groups is 1. The van der Waals surface area contributed by atoms with Crippen LogP contribution in [-0.2, 0) is 0 Å². The molecule has 0 amide bonds. The highest BCUT2D eigenvalue weighted by Crippen LogP contribution is 2.19. The quantitative estimate of drug-likeness (QED) is 0.528. The van der Waals surface area contributed by atoms with Gasteiger partial charge in [0.15, 0.2) is 0 Å². The minimum Gasteiger partial charge on any atom is -0.363 e. The largest absolute Gasteiger partial charge is 0.363 e. The molecule has 0 bridgehead atoms. The number of rotatable bonds is 1. The molecule has 0 aromatic carbocycles. The van der Waals surface area contributed by atoms with Crippen LogP contribution in [-0.4, -0.2) is 28.3 Å². The summed E-state index contributed by atoms with van der Waals surface area (Å²) in [6.45, 7) is 0. The zero-order chi connectivity index (χ0) is 9.84. The topological polar surface area (TPSA) is 16.1 Å². The Morgan fingerprint density at radius 2 is 2.23 bits per heavy atom. The van der Waals surface area contributed by atoms with Crippen molar-refractivity contribution in [2.24, 2.45) is 0 Å². The Balaban J connectivity index is 2.69. The van der Waals surface area contributed by atoms with Gasteiger partial charge in [-0.1, -0.05) is 24.0 Å². The second-order valence-corrected chi connectivity index (χ2v) is 4.31. The zero-order valence-corrected chi connectivity index (χ0v) is 8.95. The third-order valence-corrected chi connectivity index (χ3v) is 2.86. The predicted octanol–water partition coefficient (Wildman–Crippen LogP) is 2.16. The van der Waals surface area contributed by atoms with Gasteiger partial charge in [-0.15, -0.1) is 0 Å². The summed E-state index contributed by atoms with van der Waals surface area (Å²) in [5.41, 5.74) is 0. The lowest BCUT2D eigenvalue weighted by atomic mass is 10.5. The number of thiocarbonyl (C=S) groups is 1. The summed E-state index contributed by atoms with van der Waals surface area (Å²) in [7, 11) is 3.70. The van der Waals surface area contributed by atoms with Gasteiger partial charge in [0.2, 0.25) is 0 Å². The Morgan fingerprint density at radius 3 is 2.77 bits per heavy atom. The lowest BCUT2D eigenvalue weighted by Gasteiger charge is -2.11. The molecule has 0 radical (unpaired) electrons. The number of hydrogen-bond donors (Lipinski definition) is 0. The molecule has 0 fully saturated rings. The van der Waals surface area contributed by atoms with E-state index in [9.17, 15) is 4.39 Å². The van der Waals surface area contributed by atoms with Crippen LogP contribution >= 0.6 is 24.0 Å². The second-order valence-electron chi connectivity index (χ2n) is 2.60. The van der Waals surface area contributed by atoms with Crippen molar-refractivity contribution in [3.8, 4) is 0 Å². The van der Waals surface area contributed by atoms with Crippen LogP contribution in [0.25, 0.3) is 0 Å². The van der Waals surface area contributed by atoms with E-state index in [0.717, 1.165) is 4.90 Å². The summed E-state index contributed by atoms with van der Waals surface area (Å²) in [5.74, 6) is -0.341. The first-order valence-corrected chi connectivity index (χ1v) is 4.82. The van der Waals surface area contributed by atoms with Gasteiger partial charge in [0, 0.05) is 25.2 Å². The van der Waals surface area contributed by atoms with Gasteiger partial charge in [-0.3, -0.25) is 4.98 Å². The van der Waals surface area contributed by atoms with E-state index in [1.807, 2.05) is 14.1 Å². The van der Waals surface area contributed by atoms with E-state index in [1.54, 1.807) is 11.1 Å². The summed E-state index contributed by atoms with van der Waals surface area (Å²) in [6.07, 6.45) is 2.76. The second kappa shape index (κ2) is 4.53.